The highest BCUT2D eigenvalue weighted by Gasteiger charge is 2.13. The van der Waals surface area contributed by atoms with Gasteiger partial charge in [0, 0.05) is 29.7 Å². The topological polar surface area (TPSA) is 87.5 Å². The molecule has 0 aliphatic carbocycles. The van der Waals surface area contributed by atoms with Crippen molar-refractivity contribution in [1.29, 1.82) is 0 Å². The van der Waals surface area contributed by atoms with Crippen LogP contribution < -0.4 is 5.32 Å². The standard InChI is InChI=1S/C15H22N4OS.CH2O2/c1-11-14(12(2)19(4)17-11)9-18(3)10-15(20)16-8-13-6-5-7-21-13;2-1-3/h5-7H,8-10H2,1-4H3,(H,16,20);1H,(H,2,3). The summed E-state index contributed by atoms with van der Waals surface area (Å²) >= 11 is 1.65. The molecule has 0 unspecified atom stereocenters. The van der Waals surface area contributed by atoms with Crippen molar-refractivity contribution in [2.24, 2.45) is 7.05 Å². The quantitative estimate of drug-likeness (QED) is 0.770. The molecule has 2 heterocycles. The molecule has 2 aromatic heterocycles. The van der Waals surface area contributed by atoms with Crippen LogP contribution in [0.2, 0.25) is 0 Å². The van der Waals surface area contributed by atoms with E-state index in [-0.39, 0.29) is 12.4 Å². The second-order valence-corrected chi connectivity index (χ2v) is 6.44. The highest BCUT2D eigenvalue weighted by atomic mass is 32.1. The van der Waals surface area contributed by atoms with Crippen molar-refractivity contribution in [3.63, 3.8) is 0 Å². The van der Waals surface area contributed by atoms with E-state index in [0.29, 0.717) is 13.1 Å². The lowest BCUT2D eigenvalue weighted by molar-refractivity contribution is -0.123. The molecule has 132 valence electrons. The van der Waals surface area contributed by atoms with Gasteiger partial charge in [0.05, 0.1) is 18.8 Å². The predicted molar refractivity (Wildman–Crippen MR) is 93.9 cm³/mol. The van der Waals surface area contributed by atoms with E-state index in [1.807, 2.05) is 48.1 Å². The molecular weight excluding hydrogens is 328 g/mol. The summed E-state index contributed by atoms with van der Waals surface area (Å²) in [5.41, 5.74) is 3.38. The fourth-order valence-electron chi connectivity index (χ4n) is 2.27. The molecule has 0 bridgehead atoms. The number of amides is 1. The summed E-state index contributed by atoms with van der Waals surface area (Å²) in [7, 11) is 3.90. The lowest BCUT2D eigenvalue weighted by atomic mass is 10.2. The minimum Gasteiger partial charge on any atom is -0.483 e. The largest absolute Gasteiger partial charge is 0.483 e. The van der Waals surface area contributed by atoms with Gasteiger partial charge in [-0.05, 0) is 32.3 Å². The van der Waals surface area contributed by atoms with Crippen molar-refractivity contribution in [1.82, 2.24) is 20.0 Å². The summed E-state index contributed by atoms with van der Waals surface area (Å²) in [6.45, 7) is 5.54. The molecule has 24 heavy (non-hydrogen) atoms. The van der Waals surface area contributed by atoms with Gasteiger partial charge in [-0.15, -0.1) is 11.3 Å². The summed E-state index contributed by atoms with van der Waals surface area (Å²) in [6, 6.07) is 4.02. The number of carboxylic acid groups (broad SMARTS) is 1. The molecule has 0 aliphatic heterocycles. The molecule has 0 atom stereocenters. The van der Waals surface area contributed by atoms with Gasteiger partial charge in [-0.3, -0.25) is 19.2 Å². The number of nitrogens with one attached hydrogen (secondary N) is 1. The van der Waals surface area contributed by atoms with Crippen molar-refractivity contribution in [2.45, 2.75) is 26.9 Å². The third kappa shape index (κ3) is 6.13. The minimum absolute atomic E-state index is 0.0464. The SMILES string of the molecule is Cc1nn(C)c(C)c1CN(C)CC(=O)NCc1cccs1.O=CO. The van der Waals surface area contributed by atoms with E-state index in [9.17, 15) is 4.79 Å². The first-order valence-corrected chi connectivity index (χ1v) is 8.31. The number of carbonyl (C=O) groups excluding carboxylic acids is 1. The van der Waals surface area contributed by atoms with Crippen molar-refractivity contribution >= 4 is 23.7 Å². The van der Waals surface area contributed by atoms with Crippen LogP contribution in [0.25, 0.3) is 0 Å². The van der Waals surface area contributed by atoms with Crippen LogP contribution in [0.1, 0.15) is 21.8 Å². The van der Waals surface area contributed by atoms with Crippen LogP contribution in [-0.4, -0.2) is 45.8 Å². The van der Waals surface area contributed by atoms with Crippen LogP contribution in [0.3, 0.4) is 0 Å². The number of likely N-dealkylation sites (N-methyl/N-ethyl adjacent to an activating group) is 1. The summed E-state index contributed by atoms with van der Waals surface area (Å²) in [5.74, 6) is 0.0464. The van der Waals surface area contributed by atoms with E-state index in [1.165, 1.54) is 10.4 Å². The molecule has 0 radical (unpaired) electrons. The fraction of sp³-hybridized carbons (Fsp3) is 0.438. The first-order chi connectivity index (χ1) is 11.4. The maximum atomic E-state index is 11.9. The normalized spacial score (nSPS) is 10.2. The Bertz CT molecular complexity index is 653. The van der Waals surface area contributed by atoms with Gasteiger partial charge >= 0.3 is 0 Å². The van der Waals surface area contributed by atoms with E-state index in [2.05, 4.69) is 17.3 Å². The van der Waals surface area contributed by atoms with Crippen molar-refractivity contribution < 1.29 is 14.7 Å². The van der Waals surface area contributed by atoms with Crippen molar-refractivity contribution in [3.8, 4) is 0 Å². The number of hydrogen-bond acceptors (Lipinski definition) is 5. The zero-order valence-corrected chi connectivity index (χ0v) is 15.3. The Labute approximate surface area is 145 Å². The molecule has 0 spiro atoms. The maximum Gasteiger partial charge on any atom is 0.290 e. The molecule has 8 heteroatoms. The van der Waals surface area contributed by atoms with Crippen LogP contribution in [0.4, 0.5) is 0 Å². The van der Waals surface area contributed by atoms with Gasteiger partial charge in [-0.2, -0.15) is 5.10 Å². The Morgan fingerprint density at radius 2 is 2.17 bits per heavy atom. The number of aryl methyl sites for hydroxylation is 2. The lowest BCUT2D eigenvalue weighted by Crippen LogP contribution is -2.34. The van der Waals surface area contributed by atoms with Crippen molar-refractivity contribution in [3.05, 3.63) is 39.3 Å². The third-order valence-electron chi connectivity index (χ3n) is 3.54. The van der Waals surface area contributed by atoms with Crippen LogP contribution >= 0.6 is 11.3 Å². The van der Waals surface area contributed by atoms with E-state index in [1.54, 1.807) is 11.3 Å². The minimum atomic E-state index is -0.250. The first kappa shape index (κ1) is 19.9. The van der Waals surface area contributed by atoms with Crippen LogP contribution in [0, 0.1) is 13.8 Å². The Morgan fingerprint density at radius 3 is 2.67 bits per heavy atom. The molecule has 0 aliphatic rings. The van der Waals surface area contributed by atoms with Gasteiger partial charge in [0.25, 0.3) is 6.47 Å². The highest BCUT2D eigenvalue weighted by Crippen LogP contribution is 2.13. The first-order valence-electron chi connectivity index (χ1n) is 7.43. The Balaban J connectivity index is 0.000000891. The molecule has 1 amide bonds. The number of nitrogens with zero attached hydrogens (tertiary/aromatic N) is 3. The highest BCUT2D eigenvalue weighted by molar-refractivity contribution is 7.09. The second kappa shape index (κ2) is 9.84. The molecule has 2 N–H and O–H groups in total. The number of hydrogen-bond donors (Lipinski definition) is 2. The Morgan fingerprint density at radius 1 is 1.50 bits per heavy atom. The molecule has 0 aromatic carbocycles. The van der Waals surface area contributed by atoms with E-state index < -0.39 is 0 Å². The third-order valence-corrected chi connectivity index (χ3v) is 4.42. The summed E-state index contributed by atoms with van der Waals surface area (Å²) in [4.78, 5) is 23.5. The summed E-state index contributed by atoms with van der Waals surface area (Å²) < 4.78 is 1.88. The molecule has 0 fully saturated rings. The Hall–Kier alpha value is -2.19. The van der Waals surface area contributed by atoms with E-state index in [4.69, 9.17) is 9.90 Å². The average molecular weight is 352 g/mol. The number of rotatable bonds is 6. The second-order valence-electron chi connectivity index (χ2n) is 5.41. The molecule has 7 nitrogen and oxygen atoms in total. The number of carbonyl (C=O) groups is 2. The van der Waals surface area contributed by atoms with Gasteiger partial charge in [0.1, 0.15) is 0 Å². The summed E-state index contributed by atoms with van der Waals surface area (Å²) in [6.07, 6.45) is 0. The van der Waals surface area contributed by atoms with Gasteiger partial charge in [0.15, 0.2) is 0 Å². The number of thiophene rings is 1. The lowest BCUT2D eigenvalue weighted by Gasteiger charge is -2.16. The zero-order valence-electron chi connectivity index (χ0n) is 14.4. The maximum absolute atomic E-state index is 11.9. The van der Waals surface area contributed by atoms with Crippen molar-refractivity contribution in [2.75, 3.05) is 13.6 Å². The van der Waals surface area contributed by atoms with E-state index >= 15 is 0 Å². The molecule has 0 saturated heterocycles. The van der Waals surface area contributed by atoms with Gasteiger partial charge < -0.3 is 10.4 Å². The van der Waals surface area contributed by atoms with E-state index in [0.717, 1.165) is 17.9 Å². The predicted octanol–water partition coefficient (Wildman–Crippen LogP) is 1.55. The number of aromatic nitrogens is 2. The molecular formula is C16H24N4O3S. The Kier molecular flexibility index (Phi) is 8.14. The van der Waals surface area contributed by atoms with Crippen LogP contribution in [-0.2, 0) is 29.7 Å². The smallest absolute Gasteiger partial charge is 0.290 e. The monoisotopic (exact) mass is 352 g/mol. The molecule has 2 rings (SSSR count). The molecule has 0 saturated carbocycles. The van der Waals surface area contributed by atoms with Gasteiger partial charge in [-0.1, -0.05) is 6.07 Å². The van der Waals surface area contributed by atoms with Gasteiger partial charge in [0.2, 0.25) is 5.91 Å². The van der Waals surface area contributed by atoms with Gasteiger partial charge in [-0.25, -0.2) is 0 Å². The zero-order chi connectivity index (χ0) is 18.1. The van der Waals surface area contributed by atoms with Crippen LogP contribution in [0.15, 0.2) is 17.5 Å². The van der Waals surface area contributed by atoms with Crippen LogP contribution in [0.5, 0.6) is 0 Å². The molecule has 2 aromatic rings. The average Bonchev–Trinajstić information content (AvgIpc) is 3.11. The fourth-order valence-corrected chi connectivity index (χ4v) is 2.92. The summed E-state index contributed by atoms with van der Waals surface area (Å²) in [5, 5.41) is 16.3.